The van der Waals surface area contributed by atoms with Crippen molar-refractivity contribution >= 4 is 11.8 Å². The maximum atomic E-state index is 13.4. The van der Waals surface area contributed by atoms with Crippen LogP contribution in [0.3, 0.4) is 0 Å². The molecule has 2 atom stereocenters. The zero-order valence-electron chi connectivity index (χ0n) is 17.5. The summed E-state index contributed by atoms with van der Waals surface area (Å²) in [6, 6.07) is 0.430. The standard InChI is InChI=1S/C22H37N3O3/c1-22(15-23-20(26)17-6-4-7-17)10-5-11-24(16-22)21(27)19-14-28-13-12-25(19)18-8-2-3-9-18/h17-19H,2-16H2,1H3,(H,23,26). The van der Waals surface area contributed by atoms with Gasteiger partial charge in [-0.15, -0.1) is 0 Å². The second-order valence-corrected chi connectivity index (χ2v) is 9.79. The van der Waals surface area contributed by atoms with Crippen LogP contribution >= 0.6 is 0 Å². The monoisotopic (exact) mass is 391 g/mol. The second-order valence-electron chi connectivity index (χ2n) is 9.79. The van der Waals surface area contributed by atoms with Crippen LogP contribution < -0.4 is 5.32 Å². The molecule has 2 amide bonds. The fraction of sp³-hybridized carbons (Fsp3) is 0.909. The van der Waals surface area contributed by atoms with E-state index in [1.807, 2.05) is 0 Å². The number of hydrogen-bond donors (Lipinski definition) is 1. The fourth-order valence-electron chi connectivity index (χ4n) is 5.48. The molecule has 0 aromatic rings. The van der Waals surface area contributed by atoms with Crippen LogP contribution in [0, 0.1) is 11.3 Å². The van der Waals surface area contributed by atoms with Crippen molar-refractivity contribution < 1.29 is 14.3 Å². The summed E-state index contributed by atoms with van der Waals surface area (Å²) in [5, 5.41) is 3.18. The van der Waals surface area contributed by atoms with Crippen LogP contribution in [0.15, 0.2) is 0 Å². The molecule has 158 valence electrons. The number of hydrogen-bond acceptors (Lipinski definition) is 4. The molecule has 4 rings (SSSR count). The minimum absolute atomic E-state index is 0.0268. The highest BCUT2D eigenvalue weighted by molar-refractivity contribution is 5.82. The maximum absolute atomic E-state index is 13.4. The Bertz CT molecular complexity index is 573. The van der Waals surface area contributed by atoms with E-state index < -0.39 is 0 Å². The van der Waals surface area contributed by atoms with Crippen molar-refractivity contribution in [3.8, 4) is 0 Å². The maximum Gasteiger partial charge on any atom is 0.242 e. The molecule has 28 heavy (non-hydrogen) atoms. The highest BCUT2D eigenvalue weighted by atomic mass is 16.5. The molecule has 2 heterocycles. The number of piperidine rings is 1. The third kappa shape index (κ3) is 4.38. The molecule has 2 aliphatic heterocycles. The first-order valence-corrected chi connectivity index (χ1v) is 11.5. The Labute approximate surface area is 169 Å². The third-order valence-corrected chi connectivity index (χ3v) is 7.51. The zero-order valence-corrected chi connectivity index (χ0v) is 17.5. The lowest BCUT2D eigenvalue weighted by Gasteiger charge is -2.45. The molecule has 0 spiro atoms. The van der Waals surface area contributed by atoms with Gasteiger partial charge < -0.3 is 15.0 Å². The minimum atomic E-state index is -0.122. The number of nitrogens with one attached hydrogen (secondary N) is 1. The molecule has 6 heteroatoms. The van der Waals surface area contributed by atoms with E-state index in [9.17, 15) is 9.59 Å². The number of carbonyl (C=O) groups excluding carboxylic acids is 2. The van der Waals surface area contributed by atoms with Crippen LogP contribution in [0.5, 0.6) is 0 Å². The van der Waals surface area contributed by atoms with Gasteiger partial charge in [0.2, 0.25) is 11.8 Å². The molecule has 2 aliphatic carbocycles. The highest BCUT2D eigenvalue weighted by Crippen LogP contribution is 2.32. The van der Waals surface area contributed by atoms with Crippen molar-refractivity contribution in [2.75, 3.05) is 39.4 Å². The number of carbonyl (C=O) groups is 2. The molecule has 4 fully saturated rings. The Kier molecular flexibility index (Phi) is 6.26. The summed E-state index contributed by atoms with van der Waals surface area (Å²) < 4.78 is 5.71. The number of morpholine rings is 1. The molecule has 0 aromatic carbocycles. The van der Waals surface area contributed by atoms with Gasteiger partial charge in [0.15, 0.2) is 0 Å². The first-order valence-electron chi connectivity index (χ1n) is 11.5. The minimum Gasteiger partial charge on any atom is -0.378 e. The third-order valence-electron chi connectivity index (χ3n) is 7.51. The van der Waals surface area contributed by atoms with E-state index in [4.69, 9.17) is 4.74 Å². The molecule has 1 N–H and O–H groups in total. The molecule has 2 unspecified atom stereocenters. The number of rotatable bonds is 5. The van der Waals surface area contributed by atoms with E-state index in [1.165, 1.54) is 32.1 Å². The van der Waals surface area contributed by atoms with Crippen LogP contribution in [0.25, 0.3) is 0 Å². The van der Waals surface area contributed by atoms with E-state index in [0.29, 0.717) is 19.2 Å². The van der Waals surface area contributed by atoms with Crippen LogP contribution in [-0.2, 0) is 14.3 Å². The zero-order chi connectivity index (χ0) is 19.6. The average molecular weight is 392 g/mol. The number of amides is 2. The second kappa shape index (κ2) is 8.70. The van der Waals surface area contributed by atoms with Gasteiger partial charge in [0, 0.05) is 43.6 Å². The van der Waals surface area contributed by atoms with Crippen LogP contribution in [-0.4, -0.2) is 73.1 Å². The molecular weight excluding hydrogens is 354 g/mol. The van der Waals surface area contributed by atoms with E-state index in [-0.39, 0.29) is 29.2 Å². The summed E-state index contributed by atoms with van der Waals surface area (Å²) in [6.07, 6.45) is 10.3. The molecule has 2 saturated carbocycles. The number of likely N-dealkylation sites (tertiary alicyclic amines) is 1. The Morgan fingerprint density at radius 3 is 2.57 bits per heavy atom. The smallest absolute Gasteiger partial charge is 0.242 e. The van der Waals surface area contributed by atoms with E-state index in [1.54, 1.807) is 0 Å². The Morgan fingerprint density at radius 1 is 1.07 bits per heavy atom. The van der Waals surface area contributed by atoms with Crippen LogP contribution in [0.1, 0.15) is 64.7 Å². The summed E-state index contributed by atoms with van der Waals surface area (Å²) in [6.45, 7) is 6.63. The van der Waals surface area contributed by atoms with Gasteiger partial charge in [-0.25, -0.2) is 0 Å². The first kappa shape index (κ1) is 20.1. The molecular formula is C22H37N3O3. The van der Waals surface area contributed by atoms with Gasteiger partial charge in [0.25, 0.3) is 0 Å². The Morgan fingerprint density at radius 2 is 1.86 bits per heavy atom. The van der Waals surface area contributed by atoms with Gasteiger partial charge in [0.05, 0.1) is 13.2 Å². The number of ether oxygens (including phenoxy) is 1. The topological polar surface area (TPSA) is 61.9 Å². The SMILES string of the molecule is CC1(CNC(=O)C2CCC2)CCCN(C(=O)C2COCCN2C2CCCC2)C1. The van der Waals surface area contributed by atoms with Crippen LogP contribution in [0.2, 0.25) is 0 Å². The van der Waals surface area contributed by atoms with E-state index in [0.717, 1.165) is 51.9 Å². The summed E-state index contributed by atoms with van der Waals surface area (Å²) in [7, 11) is 0. The Hall–Kier alpha value is -1.14. The van der Waals surface area contributed by atoms with E-state index >= 15 is 0 Å². The summed E-state index contributed by atoms with van der Waals surface area (Å²) >= 11 is 0. The van der Waals surface area contributed by atoms with Gasteiger partial charge >= 0.3 is 0 Å². The van der Waals surface area contributed by atoms with Crippen molar-refractivity contribution in [3.05, 3.63) is 0 Å². The van der Waals surface area contributed by atoms with Gasteiger partial charge in [-0.1, -0.05) is 26.2 Å². The van der Waals surface area contributed by atoms with Crippen molar-refractivity contribution in [1.29, 1.82) is 0 Å². The van der Waals surface area contributed by atoms with Gasteiger partial charge in [-0.2, -0.15) is 0 Å². The summed E-state index contributed by atoms with van der Waals surface area (Å²) in [4.78, 5) is 30.2. The quantitative estimate of drug-likeness (QED) is 0.780. The van der Waals surface area contributed by atoms with E-state index in [2.05, 4.69) is 22.0 Å². The summed E-state index contributed by atoms with van der Waals surface area (Å²) in [5.74, 6) is 0.677. The largest absolute Gasteiger partial charge is 0.378 e. The van der Waals surface area contributed by atoms with Crippen molar-refractivity contribution in [2.24, 2.45) is 11.3 Å². The van der Waals surface area contributed by atoms with Gasteiger partial charge in [0.1, 0.15) is 6.04 Å². The predicted molar refractivity (Wildman–Crippen MR) is 108 cm³/mol. The normalized spacial score (nSPS) is 32.9. The molecule has 0 bridgehead atoms. The van der Waals surface area contributed by atoms with Crippen LogP contribution in [0.4, 0.5) is 0 Å². The lowest BCUT2D eigenvalue weighted by atomic mass is 9.80. The molecule has 2 saturated heterocycles. The lowest BCUT2D eigenvalue weighted by molar-refractivity contribution is -0.148. The van der Waals surface area contributed by atoms with Crippen molar-refractivity contribution in [3.63, 3.8) is 0 Å². The molecule has 4 aliphatic rings. The average Bonchev–Trinajstić information content (AvgIpc) is 3.19. The summed E-state index contributed by atoms with van der Waals surface area (Å²) in [5.41, 5.74) is -0.0268. The lowest BCUT2D eigenvalue weighted by Crippen LogP contribution is -2.60. The van der Waals surface area contributed by atoms with Gasteiger partial charge in [-0.3, -0.25) is 14.5 Å². The molecule has 0 radical (unpaired) electrons. The van der Waals surface area contributed by atoms with Crippen molar-refractivity contribution in [1.82, 2.24) is 15.1 Å². The van der Waals surface area contributed by atoms with Crippen molar-refractivity contribution in [2.45, 2.75) is 76.8 Å². The first-order chi connectivity index (χ1) is 13.6. The Balaban J connectivity index is 1.35. The fourth-order valence-corrected chi connectivity index (χ4v) is 5.48. The molecule has 0 aromatic heterocycles. The number of nitrogens with zero attached hydrogens (tertiary/aromatic N) is 2. The molecule has 6 nitrogen and oxygen atoms in total. The van der Waals surface area contributed by atoms with Gasteiger partial charge in [-0.05, 0) is 38.5 Å². The highest BCUT2D eigenvalue weighted by Gasteiger charge is 2.41. The predicted octanol–water partition coefficient (Wildman–Crippen LogP) is 2.17.